The molecule has 1 aromatic rings. The minimum Gasteiger partial charge on any atom is -0.371 e. The Morgan fingerprint density at radius 3 is 3.00 bits per heavy atom. The zero-order valence-electron chi connectivity index (χ0n) is 10.7. The van der Waals surface area contributed by atoms with E-state index in [4.69, 9.17) is 4.74 Å². The molecule has 1 unspecified atom stereocenters. The predicted molar refractivity (Wildman–Crippen MR) is 71.3 cm³/mol. The van der Waals surface area contributed by atoms with Gasteiger partial charge in [0.15, 0.2) is 0 Å². The van der Waals surface area contributed by atoms with Gasteiger partial charge in [-0.05, 0) is 26.2 Å². The van der Waals surface area contributed by atoms with Crippen molar-refractivity contribution in [3.05, 3.63) is 16.1 Å². The SMILES string of the molecule is CCCC(OCC)c1nc(CNC2CC2)cs1. The van der Waals surface area contributed by atoms with Crippen molar-refractivity contribution in [1.29, 1.82) is 0 Å². The third-order valence-corrected chi connectivity index (χ3v) is 3.90. The van der Waals surface area contributed by atoms with Crippen molar-refractivity contribution < 1.29 is 4.74 Å². The normalized spacial score (nSPS) is 17.3. The number of nitrogens with one attached hydrogen (secondary N) is 1. The van der Waals surface area contributed by atoms with Crippen molar-refractivity contribution in [3.8, 4) is 0 Å². The Balaban J connectivity index is 1.88. The van der Waals surface area contributed by atoms with E-state index < -0.39 is 0 Å². The van der Waals surface area contributed by atoms with E-state index in [0.717, 1.165) is 42.7 Å². The molecule has 17 heavy (non-hydrogen) atoms. The number of hydrogen-bond acceptors (Lipinski definition) is 4. The first kappa shape index (κ1) is 13.0. The van der Waals surface area contributed by atoms with Crippen LogP contribution in [0.1, 0.15) is 56.3 Å². The summed E-state index contributed by atoms with van der Waals surface area (Å²) in [4.78, 5) is 4.68. The van der Waals surface area contributed by atoms with Crippen LogP contribution in [0.15, 0.2) is 5.38 Å². The molecule has 1 saturated carbocycles. The summed E-state index contributed by atoms with van der Waals surface area (Å²) < 4.78 is 5.75. The first-order chi connectivity index (χ1) is 8.33. The van der Waals surface area contributed by atoms with Crippen LogP contribution in [-0.2, 0) is 11.3 Å². The van der Waals surface area contributed by atoms with Crippen molar-refractivity contribution in [2.24, 2.45) is 0 Å². The molecule has 0 spiro atoms. The van der Waals surface area contributed by atoms with Crippen LogP contribution < -0.4 is 5.32 Å². The average Bonchev–Trinajstić information content (AvgIpc) is 3.04. The summed E-state index contributed by atoms with van der Waals surface area (Å²) in [5.74, 6) is 0. The van der Waals surface area contributed by atoms with E-state index in [-0.39, 0.29) is 6.10 Å². The van der Waals surface area contributed by atoms with Gasteiger partial charge in [-0.25, -0.2) is 4.98 Å². The molecule has 1 atom stereocenters. The molecule has 1 fully saturated rings. The second kappa shape index (κ2) is 6.47. The summed E-state index contributed by atoms with van der Waals surface area (Å²) in [6, 6.07) is 0.749. The number of thiazole rings is 1. The van der Waals surface area contributed by atoms with Crippen molar-refractivity contribution >= 4 is 11.3 Å². The van der Waals surface area contributed by atoms with Gasteiger partial charge in [0.2, 0.25) is 0 Å². The van der Waals surface area contributed by atoms with Gasteiger partial charge in [-0.1, -0.05) is 13.3 Å². The zero-order valence-corrected chi connectivity index (χ0v) is 11.6. The lowest BCUT2D eigenvalue weighted by Gasteiger charge is -2.12. The summed E-state index contributed by atoms with van der Waals surface area (Å²) in [6.45, 7) is 5.91. The molecule has 0 aromatic carbocycles. The summed E-state index contributed by atoms with van der Waals surface area (Å²) >= 11 is 1.73. The van der Waals surface area contributed by atoms with Crippen molar-refractivity contribution in [3.63, 3.8) is 0 Å². The van der Waals surface area contributed by atoms with Gasteiger partial charge in [0, 0.05) is 24.6 Å². The van der Waals surface area contributed by atoms with Crippen molar-refractivity contribution in [2.45, 2.75) is 58.2 Å². The van der Waals surface area contributed by atoms with Crippen molar-refractivity contribution in [2.75, 3.05) is 6.61 Å². The van der Waals surface area contributed by atoms with Crippen LogP contribution in [0, 0.1) is 0 Å². The fourth-order valence-electron chi connectivity index (χ4n) is 1.83. The molecule has 0 amide bonds. The number of aromatic nitrogens is 1. The zero-order chi connectivity index (χ0) is 12.1. The molecular weight excluding hydrogens is 232 g/mol. The van der Waals surface area contributed by atoms with Gasteiger partial charge in [0.25, 0.3) is 0 Å². The summed E-state index contributed by atoms with van der Waals surface area (Å²) in [7, 11) is 0. The topological polar surface area (TPSA) is 34.1 Å². The van der Waals surface area contributed by atoms with Crippen LogP contribution >= 0.6 is 11.3 Å². The van der Waals surface area contributed by atoms with Gasteiger partial charge >= 0.3 is 0 Å². The third-order valence-electron chi connectivity index (χ3n) is 2.91. The predicted octanol–water partition coefficient (Wildman–Crippen LogP) is 3.27. The van der Waals surface area contributed by atoms with E-state index in [1.165, 1.54) is 12.8 Å². The summed E-state index contributed by atoms with van der Waals surface area (Å²) in [6.07, 6.45) is 5.06. The Labute approximate surface area is 108 Å². The summed E-state index contributed by atoms with van der Waals surface area (Å²) in [5.41, 5.74) is 1.16. The number of hydrogen-bond donors (Lipinski definition) is 1. The Bertz CT molecular complexity index is 330. The summed E-state index contributed by atoms with van der Waals surface area (Å²) in [5, 5.41) is 6.79. The Kier molecular flexibility index (Phi) is 4.95. The number of nitrogens with zero attached hydrogens (tertiary/aromatic N) is 1. The highest BCUT2D eigenvalue weighted by molar-refractivity contribution is 7.09. The van der Waals surface area contributed by atoms with E-state index in [2.05, 4.69) is 22.6 Å². The molecule has 2 rings (SSSR count). The molecular formula is C13H22N2OS. The van der Waals surface area contributed by atoms with E-state index in [1.807, 2.05) is 6.92 Å². The third kappa shape index (κ3) is 4.05. The van der Waals surface area contributed by atoms with Gasteiger partial charge < -0.3 is 10.1 Å². The highest BCUT2D eigenvalue weighted by Crippen LogP contribution is 2.26. The van der Waals surface area contributed by atoms with E-state index in [9.17, 15) is 0 Å². The maximum Gasteiger partial charge on any atom is 0.122 e. The smallest absolute Gasteiger partial charge is 0.122 e. The lowest BCUT2D eigenvalue weighted by Crippen LogP contribution is -2.15. The largest absolute Gasteiger partial charge is 0.371 e. The molecule has 0 saturated heterocycles. The van der Waals surface area contributed by atoms with Crippen LogP contribution in [0.2, 0.25) is 0 Å². The van der Waals surface area contributed by atoms with Crippen LogP contribution in [0.5, 0.6) is 0 Å². The first-order valence-corrected chi connectivity index (χ1v) is 7.50. The van der Waals surface area contributed by atoms with Gasteiger partial charge in [-0.3, -0.25) is 0 Å². The molecule has 0 radical (unpaired) electrons. The fourth-order valence-corrected chi connectivity index (χ4v) is 2.73. The Hall–Kier alpha value is -0.450. The quantitative estimate of drug-likeness (QED) is 0.773. The van der Waals surface area contributed by atoms with Crippen LogP contribution in [0.25, 0.3) is 0 Å². The van der Waals surface area contributed by atoms with Crippen molar-refractivity contribution in [1.82, 2.24) is 10.3 Å². The molecule has 1 aliphatic carbocycles. The standard InChI is InChI=1S/C13H22N2OS/c1-3-5-12(16-4-2)13-15-11(9-17-13)8-14-10-6-7-10/h9-10,12,14H,3-8H2,1-2H3. The lowest BCUT2D eigenvalue weighted by atomic mass is 10.2. The highest BCUT2D eigenvalue weighted by Gasteiger charge is 2.21. The molecule has 0 aliphatic heterocycles. The molecule has 1 aromatic heterocycles. The monoisotopic (exact) mass is 254 g/mol. The van der Waals surface area contributed by atoms with Gasteiger partial charge in [0.05, 0.1) is 5.69 Å². The average molecular weight is 254 g/mol. The maximum absolute atomic E-state index is 5.75. The minimum absolute atomic E-state index is 0.199. The maximum atomic E-state index is 5.75. The number of ether oxygens (including phenoxy) is 1. The molecule has 4 heteroatoms. The second-order valence-electron chi connectivity index (χ2n) is 4.56. The minimum atomic E-state index is 0.199. The van der Waals surface area contributed by atoms with E-state index in [0.29, 0.717) is 0 Å². The van der Waals surface area contributed by atoms with Crippen LogP contribution in [0.4, 0.5) is 0 Å². The number of rotatable bonds is 8. The van der Waals surface area contributed by atoms with E-state index >= 15 is 0 Å². The Morgan fingerprint density at radius 2 is 2.35 bits per heavy atom. The van der Waals surface area contributed by atoms with Gasteiger partial charge in [0.1, 0.15) is 11.1 Å². The van der Waals surface area contributed by atoms with Gasteiger partial charge in [-0.2, -0.15) is 0 Å². The highest BCUT2D eigenvalue weighted by atomic mass is 32.1. The molecule has 1 heterocycles. The molecule has 96 valence electrons. The lowest BCUT2D eigenvalue weighted by molar-refractivity contribution is 0.0554. The molecule has 3 nitrogen and oxygen atoms in total. The molecule has 1 N–H and O–H groups in total. The Morgan fingerprint density at radius 1 is 1.53 bits per heavy atom. The second-order valence-corrected chi connectivity index (χ2v) is 5.45. The van der Waals surface area contributed by atoms with Crippen LogP contribution in [-0.4, -0.2) is 17.6 Å². The fraction of sp³-hybridized carbons (Fsp3) is 0.769. The van der Waals surface area contributed by atoms with E-state index in [1.54, 1.807) is 11.3 Å². The molecule has 1 aliphatic rings. The first-order valence-electron chi connectivity index (χ1n) is 6.62. The molecule has 0 bridgehead atoms. The van der Waals surface area contributed by atoms with Crippen LogP contribution in [0.3, 0.4) is 0 Å². The van der Waals surface area contributed by atoms with Gasteiger partial charge in [-0.15, -0.1) is 11.3 Å².